The zero-order valence-corrected chi connectivity index (χ0v) is 12.6. The van der Waals surface area contributed by atoms with Gasteiger partial charge in [-0.05, 0) is 67.9 Å². The van der Waals surface area contributed by atoms with Gasteiger partial charge in [0.1, 0.15) is 5.76 Å². The second-order valence-electron chi connectivity index (χ2n) is 7.31. The predicted molar refractivity (Wildman–Crippen MR) is 79.5 cm³/mol. The van der Waals surface area contributed by atoms with Crippen molar-refractivity contribution in [3.05, 3.63) is 23.7 Å². The lowest BCUT2D eigenvalue weighted by Crippen LogP contribution is -2.56. The van der Waals surface area contributed by atoms with Crippen molar-refractivity contribution in [1.82, 2.24) is 4.90 Å². The van der Waals surface area contributed by atoms with Crippen LogP contribution in [0.4, 0.5) is 0 Å². The summed E-state index contributed by atoms with van der Waals surface area (Å²) >= 11 is 0. The monoisotopic (exact) mass is 288 g/mol. The van der Waals surface area contributed by atoms with E-state index in [0.29, 0.717) is 35.9 Å². The summed E-state index contributed by atoms with van der Waals surface area (Å²) in [6.07, 6.45) is 6.72. The molecule has 21 heavy (non-hydrogen) atoms. The lowest BCUT2D eigenvalue weighted by Gasteiger charge is -2.56. The normalized spacial score (nSPS) is 37.0. The van der Waals surface area contributed by atoms with Crippen molar-refractivity contribution >= 4 is 5.91 Å². The molecule has 1 aromatic rings. The molecule has 0 aliphatic heterocycles. The second-order valence-corrected chi connectivity index (χ2v) is 7.31. The van der Waals surface area contributed by atoms with Crippen molar-refractivity contribution in [2.24, 2.45) is 29.4 Å². The Kier molecular flexibility index (Phi) is 3.10. The summed E-state index contributed by atoms with van der Waals surface area (Å²) in [4.78, 5) is 14.7. The van der Waals surface area contributed by atoms with E-state index < -0.39 is 0 Å². The van der Waals surface area contributed by atoms with Gasteiger partial charge in [-0.1, -0.05) is 0 Å². The molecule has 114 valence electrons. The number of hydrogen-bond donors (Lipinski definition) is 1. The van der Waals surface area contributed by atoms with Crippen LogP contribution in [0.25, 0.3) is 0 Å². The van der Waals surface area contributed by atoms with Gasteiger partial charge in [0.25, 0.3) is 5.91 Å². The number of rotatable bonds is 3. The van der Waals surface area contributed by atoms with Gasteiger partial charge in [-0.15, -0.1) is 0 Å². The average Bonchev–Trinajstić information content (AvgIpc) is 2.94. The lowest BCUT2D eigenvalue weighted by molar-refractivity contribution is -0.0497. The number of carbonyl (C=O) groups is 1. The molecule has 4 fully saturated rings. The van der Waals surface area contributed by atoms with Gasteiger partial charge in [0.15, 0.2) is 5.76 Å². The van der Waals surface area contributed by atoms with E-state index in [9.17, 15) is 4.79 Å². The third-order valence-corrected chi connectivity index (χ3v) is 6.02. The number of amides is 1. The van der Waals surface area contributed by atoms with Crippen molar-refractivity contribution in [2.75, 3.05) is 7.05 Å². The highest BCUT2D eigenvalue weighted by Gasteiger charge is 2.50. The van der Waals surface area contributed by atoms with Crippen molar-refractivity contribution in [3.63, 3.8) is 0 Å². The fourth-order valence-corrected chi connectivity index (χ4v) is 5.44. The molecule has 1 aromatic heterocycles. The van der Waals surface area contributed by atoms with Crippen LogP contribution in [-0.2, 0) is 6.54 Å². The standard InChI is InChI=1S/C17H24N2O2/c1-19(17(20)15-3-2-14(9-18)21-15)16-12-5-10-4-11(7-12)8-13(16)6-10/h2-3,10-13,16H,4-9,18H2,1H3. The molecular formula is C17H24N2O2. The zero-order chi connectivity index (χ0) is 14.6. The predicted octanol–water partition coefficient (Wildman–Crippen LogP) is 2.64. The van der Waals surface area contributed by atoms with E-state index >= 15 is 0 Å². The third-order valence-electron chi connectivity index (χ3n) is 6.02. The first kappa shape index (κ1) is 13.4. The smallest absolute Gasteiger partial charge is 0.289 e. The summed E-state index contributed by atoms with van der Waals surface area (Å²) in [5, 5.41) is 0. The summed E-state index contributed by atoms with van der Waals surface area (Å²) in [7, 11) is 1.96. The van der Waals surface area contributed by atoms with Crippen LogP contribution in [0.5, 0.6) is 0 Å². The minimum absolute atomic E-state index is 0.0205. The number of hydrogen-bond acceptors (Lipinski definition) is 3. The van der Waals surface area contributed by atoms with Crippen molar-refractivity contribution in [2.45, 2.75) is 44.7 Å². The van der Waals surface area contributed by atoms with Crippen LogP contribution < -0.4 is 5.73 Å². The molecule has 1 heterocycles. The highest BCUT2D eigenvalue weighted by Crippen LogP contribution is 2.55. The molecule has 0 radical (unpaired) electrons. The van der Waals surface area contributed by atoms with Crippen LogP contribution >= 0.6 is 0 Å². The van der Waals surface area contributed by atoms with Gasteiger partial charge < -0.3 is 15.1 Å². The number of nitrogens with zero attached hydrogens (tertiary/aromatic N) is 1. The first-order valence-electron chi connectivity index (χ1n) is 8.21. The molecule has 0 saturated heterocycles. The molecule has 0 atom stereocenters. The van der Waals surface area contributed by atoms with Gasteiger partial charge in [-0.3, -0.25) is 4.79 Å². The maximum absolute atomic E-state index is 12.7. The maximum atomic E-state index is 12.7. The van der Waals surface area contributed by atoms with E-state index in [0.717, 1.165) is 11.8 Å². The molecule has 4 saturated carbocycles. The fraction of sp³-hybridized carbons (Fsp3) is 0.706. The molecule has 1 amide bonds. The van der Waals surface area contributed by atoms with Gasteiger partial charge >= 0.3 is 0 Å². The highest BCUT2D eigenvalue weighted by molar-refractivity contribution is 5.91. The molecule has 0 unspecified atom stereocenters. The van der Waals surface area contributed by atoms with E-state index in [4.69, 9.17) is 10.2 Å². The van der Waals surface area contributed by atoms with E-state index in [1.54, 1.807) is 12.1 Å². The second kappa shape index (κ2) is 4.87. The summed E-state index contributed by atoms with van der Waals surface area (Å²) in [5.41, 5.74) is 5.56. The minimum Gasteiger partial charge on any atom is -0.455 e. The van der Waals surface area contributed by atoms with E-state index in [1.165, 1.54) is 32.1 Å². The van der Waals surface area contributed by atoms with Crippen LogP contribution in [-0.4, -0.2) is 23.9 Å². The molecule has 4 heteroatoms. The molecule has 4 nitrogen and oxygen atoms in total. The van der Waals surface area contributed by atoms with Crippen LogP contribution in [0.2, 0.25) is 0 Å². The molecule has 0 aromatic carbocycles. The van der Waals surface area contributed by atoms with E-state index in [2.05, 4.69) is 0 Å². The average molecular weight is 288 g/mol. The Labute approximate surface area is 125 Å². The Morgan fingerprint density at radius 1 is 1.19 bits per heavy atom. The molecular weight excluding hydrogens is 264 g/mol. The number of carbonyl (C=O) groups excluding carboxylic acids is 1. The number of nitrogens with two attached hydrogens (primary N) is 1. The third kappa shape index (κ3) is 2.11. The zero-order valence-electron chi connectivity index (χ0n) is 12.6. The van der Waals surface area contributed by atoms with Crippen molar-refractivity contribution in [3.8, 4) is 0 Å². The quantitative estimate of drug-likeness (QED) is 0.930. The van der Waals surface area contributed by atoms with Crippen LogP contribution in [0, 0.1) is 23.7 Å². The van der Waals surface area contributed by atoms with E-state index in [-0.39, 0.29) is 5.91 Å². The van der Waals surface area contributed by atoms with Crippen LogP contribution in [0.3, 0.4) is 0 Å². The van der Waals surface area contributed by atoms with Crippen LogP contribution in [0.1, 0.15) is 48.4 Å². The first-order valence-corrected chi connectivity index (χ1v) is 8.21. The fourth-order valence-electron chi connectivity index (χ4n) is 5.44. The summed E-state index contributed by atoms with van der Waals surface area (Å²) in [6, 6.07) is 3.98. The molecule has 4 aliphatic rings. The van der Waals surface area contributed by atoms with Gasteiger partial charge in [-0.2, -0.15) is 0 Å². The summed E-state index contributed by atoms with van der Waals surface area (Å²) < 4.78 is 5.54. The number of furan rings is 1. The Morgan fingerprint density at radius 3 is 2.33 bits per heavy atom. The molecule has 4 aliphatic carbocycles. The lowest BCUT2D eigenvalue weighted by atomic mass is 9.54. The van der Waals surface area contributed by atoms with Gasteiger partial charge in [0.05, 0.1) is 6.54 Å². The Hall–Kier alpha value is -1.29. The van der Waals surface area contributed by atoms with E-state index in [1.807, 2.05) is 11.9 Å². The summed E-state index contributed by atoms with van der Waals surface area (Å²) in [5.74, 6) is 4.41. The molecule has 0 spiro atoms. The SMILES string of the molecule is CN(C(=O)c1ccc(CN)o1)C1C2CC3CC(C2)CC1C3. The van der Waals surface area contributed by atoms with Gasteiger partial charge in [0, 0.05) is 13.1 Å². The van der Waals surface area contributed by atoms with Crippen LogP contribution in [0.15, 0.2) is 16.5 Å². The van der Waals surface area contributed by atoms with Gasteiger partial charge in [-0.25, -0.2) is 0 Å². The minimum atomic E-state index is 0.0205. The molecule has 4 bridgehead atoms. The Bertz CT molecular complexity index is 523. The maximum Gasteiger partial charge on any atom is 0.289 e. The first-order chi connectivity index (χ1) is 10.2. The summed E-state index contributed by atoms with van der Waals surface area (Å²) in [6.45, 7) is 0.342. The molecule has 2 N–H and O–H groups in total. The molecule has 5 rings (SSSR count). The van der Waals surface area contributed by atoms with Gasteiger partial charge in [0.2, 0.25) is 0 Å². The Balaban J connectivity index is 1.54. The topological polar surface area (TPSA) is 59.5 Å². The Morgan fingerprint density at radius 2 is 1.81 bits per heavy atom. The van der Waals surface area contributed by atoms with Crippen molar-refractivity contribution in [1.29, 1.82) is 0 Å². The van der Waals surface area contributed by atoms with Crippen molar-refractivity contribution < 1.29 is 9.21 Å². The highest BCUT2D eigenvalue weighted by atomic mass is 16.4. The largest absolute Gasteiger partial charge is 0.455 e.